The number of unbranched alkanes of at least 4 members (excludes halogenated alkanes) is 15. The lowest BCUT2D eigenvalue weighted by Gasteiger charge is -2.09. The van der Waals surface area contributed by atoms with Crippen molar-refractivity contribution in [3.8, 4) is 112 Å². The molecule has 13 rings (SSSR count). The van der Waals surface area contributed by atoms with Gasteiger partial charge in [0, 0.05) is 118 Å². The van der Waals surface area contributed by atoms with Crippen LogP contribution in [0.1, 0.15) is 288 Å². The van der Waals surface area contributed by atoms with Crippen LogP contribution in [0.25, 0.3) is 77.1 Å². The smallest absolute Gasteiger partial charge is 0.167 e. The van der Waals surface area contributed by atoms with Crippen molar-refractivity contribution >= 4 is 46.0 Å². The lowest BCUT2D eigenvalue weighted by Crippen LogP contribution is -2.09. The summed E-state index contributed by atoms with van der Waals surface area (Å²) in [4.78, 5) is 71.6. The molecular formula is C127H157N3O15S. The fourth-order valence-electron chi connectivity index (χ4n) is 15.3. The molecule has 2 heterocycles. The number of ketones is 6. The molecule has 0 aliphatic rings. The van der Waals surface area contributed by atoms with Gasteiger partial charge in [0.1, 0.15) is 56.8 Å². The Kier molecular flexibility index (Phi) is 53.5. The van der Waals surface area contributed by atoms with E-state index >= 15 is 0 Å². The van der Waals surface area contributed by atoms with Crippen LogP contribution in [0.3, 0.4) is 0 Å². The van der Waals surface area contributed by atoms with E-state index in [2.05, 4.69) is 84.7 Å². The third-order valence-corrected chi connectivity index (χ3v) is 25.3. The molecule has 0 saturated carbocycles. The van der Waals surface area contributed by atoms with Gasteiger partial charge >= 0.3 is 0 Å². The maximum absolute atomic E-state index is 12.1. The second kappa shape index (κ2) is 66.1. The van der Waals surface area contributed by atoms with Crippen molar-refractivity contribution in [2.45, 2.75) is 226 Å². The third-order valence-electron chi connectivity index (χ3n) is 24.3. The molecule has 0 saturated heterocycles. The maximum atomic E-state index is 12.1. The highest BCUT2D eigenvalue weighted by atomic mass is 32.1. The molecule has 146 heavy (non-hydrogen) atoms. The summed E-state index contributed by atoms with van der Waals surface area (Å²) in [6, 6.07) is 87.8. The van der Waals surface area contributed by atoms with Crippen molar-refractivity contribution in [1.82, 2.24) is 15.4 Å². The minimum absolute atomic E-state index is 0.00756. The summed E-state index contributed by atoms with van der Waals surface area (Å²) < 4.78 is 49.4. The van der Waals surface area contributed by atoms with E-state index < -0.39 is 0 Å². The molecule has 0 unspecified atom stereocenters. The van der Waals surface area contributed by atoms with Gasteiger partial charge in [-0.1, -0.05) is 349 Å². The first-order chi connectivity index (χ1) is 70.6. The number of benzene rings is 11. The van der Waals surface area contributed by atoms with Crippen LogP contribution >= 0.6 is 11.3 Å². The van der Waals surface area contributed by atoms with Gasteiger partial charge in [-0.3, -0.25) is 28.8 Å². The molecule has 0 N–H and O–H groups in total. The van der Waals surface area contributed by atoms with Crippen LogP contribution in [0.2, 0.25) is 0 Å². The van der Waals surface area contributed by atoms with Gasteiger partial charge in [-0.2, -0.15) is 0 Å². The topological polar surface area (TPSA) is 228 Å². The molecular weight excluding hydrogens is 1840 g/mol. The molecule has 0 fully saturated rings. The van der Waals surface area contributed by atoms with Crippen molar-refractivity contribution in [1.29, 1.82) is 0 Å². The molecule has 0 aliphatic heterocycles. The summed E-state index contributed by atoms with van der Waals surface area (Å²) in [7, 11) is 5.02. The number of hydrogen-bond donors (Lipinski definition) is 0. The Labute approximate surface area is 873 Å². The highest BCUT2D eigenvalue weighted by Crippen LogP contribution is 2.35. The zero-order valence-electron chi connectivity index (χ0n) is 89.7. The van der Waals surface area contributed by atoms with E-state index in [9.17, 15) is 28.8 Å². The van der Waals surface area contributed by atoms with Gasteiger partial charge in [-0.25, -0.2) is 0 Å². The number of methoxy groups -OCH3 is 3. The van der Waals surface area contributed by atoms with Gasteiger partial charge < -0.3 is 42.4 Å². The summed E-state index contributed by atoms with van der Waals surface area (Å²) >= 11 is 1.54. The molecule has 0 amide bonds. The normalized spacial score (nSPS) is 10.9. The van der Waals surface area contributed by atoms with Crippen LogP contribution < -0.4 is 28.4 Å². The van der Waals surface area contributed by atoms with Gasteiger partial charge in [-0.15, -0.1) is 10.2 Å². The molecule has 776 valence electrons. The second-order valence-corrected chi connectivity index (χ2v) is 39.2. The highest BCUT2D eigenvalue weighted by Gasteiger charge is 2.20. The van der Waals surface area contributed by atoms with Gasteiger partial charge in [-0.05, 0) is 193 Å². The van der Waals surface area contributed by atoms with Gasteiger partial charge in [0.25, 0.3) is 0 Å². The number of aromatic nitrogens is 3. The summed E-state index contributed by atoms with van der Waals surface area (Å²) in [5.41, 5.74) is 15.9. The summed E-state index contributed by atoms with van der Waals surface area (Å²) in [5.74, 6) is 6.90. The summed E-state index contributed by atoms with van der Waals surface area (Å²) in [6.45, 7) is 34.7. The molecule has 11 aromatic carbocycles. The maximum Gasteiger partial charge on any atom is 0.167 e. The molecule has 0 spiro atoms. The number of Topliss-reactive ketones (excluding diaryl/α,β-unsaturated/α-hetero) is 6. The Hall–Kier alpha value is -13.1. The van der Waals surface area contributed by atoms with E-state index in [1.165, 1.54) is 94.8 Å². The van der Waals surface area contributed by atoms with Crippen LogP contribution in [0, 0.1) is 35.5 Å². The van der Waals surface area contributed by atoms with E-state index in [0.29, 0.717) is 19.0 Å². The second-order valence-electron chi connectivity index (χ2n) is 38.2. The first kappa shape index (κ1) is 118. The SMILES string of the molecule is CCCCCCCCOCCOc1ccc(C(=O)C(C)C)cc1.CCCCCCCCOc1ccc(-c2ccc(C(=O)C(C)C)cc2)cc1.CCCCCOc1ccc(-c2cc(-c3ccc(C(=O)C(C)C)cc3)no2)cc1.COCCCCCCOc1ccc(-c2nnc(-c3ccc(C(=O)C(C)C)cc3)s2)cc1.COc1ccc(-c2ccc(-c3ccc(C(=O)C(C)C)cc3)cc2)cc1.COc1ccc(C(=O)C(C)C)cc1. The molecule has 2 aromatic heterocycles. The minimum Gasteiger partial charge on any atom is -0.497 e. The Morgan fingerprint density at radius 1 is 0.247 bits per heavy atom. The van der Waals surface area contributed by atoms with Crippen LogP contribution in [0.4, 0.5) is 0 Å². The molecule has 18 nitrogen and oxygen atoms in total. The Balaban J connectivity index is 0.000000217. The Bertz CT molecular complexity index is 5890. The molecule has 0 atom stereocenters. The predicted molar refractivity (Wildman–Crippen MR) is 598 cm³/mol. The predicted octanol–water partition coefficient (Wildman–Crippen LogP) is 33.3. The van der Waals surface area contributed by atoms with Crippen molar-refractivity contribution in [3.63, 3.8) is 0 Å². The zero-order chi connectivity index (χ0) is 105. The van der Waals surface area contributed by atoms with Crippen molar-refractivity contribution in [2.24, 2.45) is 35.5 Å². The average molecular weight is 2000 g/mol. The Morgan fingerprint density at radius 2 is 0.473 bits per heavy atom. The van der Waals surface area contributed by atoms with E-state index in [0.717, 1.165) is 211 Å². The van der Waals surface area contributed by atoms with E-state index in [-0.39, 0.29) is 70.2 Å². The fraction of sp³-hybridized carbons (Fsp3) is 0.394. The largest absolute Gasteiger partial charge is 0.497 e. The minimum atomic E-state index is -0.0110. The number of carbonyl (C=O) groups is 6. The standard InChI is InChI=1S/C25H30N2O3S.C24H27NO3.C24H32O2.C23H22O2.C20H32O3.C11H14O2/c1-18(2)23(28)19-8-10-20(11-9-19)24-26-27-25(31-24)21-12-14-22(15-13-21)30-17-7-5-4-6-16-29-3;1-4-5-6-15-27-21-13-11-19(12-14-21)23-16-22(25-28-23)18-7-9-20(10-8-18)24(26)17(2)3;1-4-5-6-7-8-9-18-26-23-16-14-21(15-17-23)20-10-12-22(13-11-20)24(25)19(2)3;1-16(2)23(24)21-10-8-19(9-11-21)17-4-6-18(7-5-17)20-12-14-22(25-3)15-13-20;1-4-5-6-7-8-9-14-22-15-16-23-19-12-10-18(11-13-19)20(21)17(2)3;1-8(2)11(12)9-4-6-10(13-3)7-5-9/h8-15,18H,4-7,16-17H2,1-3H3;7-14,16-17H,4-6,15H2,1-3H3;10-17,19H,4-9,18H2,1-3H3;4-16H,1-3H3;10-13,17H,4-9,14-16H2,1-3H3;4-8H,1-3H3. The molecule has 13 aromatic rings. The van der Waals surface area contributed by atoms with Gasteiger partial charge in [0.05, 0.1) is 40.6 Å². The summed E-state index contributed by atoms with van der Waals surface area (Å²) in [5, 5.41) is 14.5. The highest BCUT2D eigenvalue weighted by molar-refractivity contribution is 7.17. The van der Waals surface area contributed by atoms with E-state index in [4.69, 9.17) is 42.4 Å². The monoisotopic (exact) mass is 2000 g/mol. The first-order valence-electron chi connectivity index (χ1n) is 52.5. The average Bonchev–Trinajstić information content (AvgIpc) is 1.65. The van der Waals surface area contributed by atoms with Crippen molar-refractivity contribution < 1.29 is 71.2 Å². The zero-order valence-corrected chi connectivity index (χ0v) is 90.5. The van der Waals surface area contributed by atoms with Crippen LogP contribution in [-0.2, 0) is 9.47 Å². The third kappa shape index (κ3) is 41.4. The van der Waals surface area contributed by atoms with Gasteiger partial charge in [0.2, 0.25) is 0 Å². The lowest BCUT2D eigenvalue weighted by atomic mass is 9.97. The van der Waals surface area contributed by atoms with Crippen LogP contribution in [0.15, 0.2) is 278 Å². The number of carbonyl (C=O) groups excluding carboxylic acids is 6. The molecule has 0 bridgehead atoms. The Morgan fingerprint density at radius 3 is 0.788 bits per heavy atom. The van der Waals surface area contributed by atoms with Crippen LogP contribution in [0.5, 0.6) is 34.5 Å². The first-order valence-corrected chi connectivity index (χ1v) is 53.3. The molecule has 19 heteroatoms. The number of rotatable bonds is 53. The lowest BCUT2D eigenvalue weighted by molar-refractivity contribution is 0.0931. The van der Waals surface area contributed by atoms with Crippen molar-refractivity contribution in [3.05, 3.63) is 306 Å². The van der Waals surface area contributed by atoms with Crippen molar-refractivity contribution in [2.75, 3.05) is 67.6 Å². The van der Waals surface area contributed by atoms with E-state index in [1.54, 1.807) is 45.6 Å². The molecule has 0 aliphatic carbocycles. The number of nitrogens with zero attached hydrogens (tertiary/aromatic N) is 3. The van der Waals surface area contributed by atoms with Crippen LogP contribution in [-0.4, -0.2) is 118 Å². The van der Waals surface area contributed by atoms with E-state index in [1.807, 2.05) is 283 Å². The molecule has 0 radical (unpaired) electrons. The number of ether oxygens (including phenoxy) is 8. The fourth-order valence-corrected chi connectivity index (χ4v) is 16.2. The quantitative estimate of drug-likeness (QED) is 0.0255. The number of hydrogen-bond acceptors (Lipinski definition) is 19. The van der Waals surface area contributed by atoms with Gasteiger partial charge in [0.15, 0.2) is 40.5 Å². The summed E-state index contributed by atoms with van der Waals surface area (Å²) in [6.07, 6.45) is 23.3.